The smallest absolute Gasteiger partial charge is 0.163 e. The molecule has 0 unspecified atom stereocenters. The number of aromatic nitrogens is 2. The van der Waals surface area contributed by atoms with Crippen molar-refractivity contribution in [3.8, 4) is 11.4 Å². The number of anilines is 1. The second-order valence-electron chi connectivity index (χ2n) is 6.12. The van der Waals surface area contributed by atoms with Crippen molar-refractivity contribution in [2.45, 2.75) is 6.42 Å². The zero-order chi connectivity index (χ0) is 17.8. The molecular weight excluding hydrogens is 355 g/mol. The Morgan fingerprint density at radius 3 is 2.60 bits per heavy atom. The highest BCUT2D eigenvalue weighted by Crippen LogP contribution is 2.31. The van der Waals surface area contributed by atoms with Crippen molar-refractivity contribution in [2.24, 2.45) is 0 Å². The minimum atomic E-state index is 0.543. The molecule has 1 aromatic heterocycles. The number of benzene rings is 2. The first-order chi connectivity index (χ1) is 12.0. The predicted octanol–water partition coefficient (Wildman–Crippen LogP) is 4.97. The maximum atomic E-state index is 6.34. The maximum absolute atomic E-state index is 6.34. The van der Waals surface area contributed by atoms with Crippen LogP contribution in [0.4, 0.5) is 5.82 Å². The summed E-state index contributed by atoms with van der Waals surface area (Å²) in [6.45, 7) is 1.86. The van der Waals surface area contributed by atoms with E-state index in [0.29, 0.717) is 15.9 Å². The first kappa shape index (κ1) is 17.9. The molecule has 130 valence electrons. The van der Waals surface area contributed by atoms with Gasteiger partial charge in [0.1, 0.15) is 5.82 Å². The van der Waals surface area contributed by atoms with Crippen molar-refractivity contribution in [1.29, 1.82) is 0 Å². The van der Waals surface area contributed by atoms with E-state index in [1.807, 2.05) is 30.3 Å². The van der Waals surface area contributed by atoms with Crippen LogP contribution in [0, 0.1) is 0 Å². The molecule has 0 bridgehead atoms. The highest BCUT2D eigenvalue weighted by molar-refractivity contribution is 6.36. The maximum Gasteiger partial charge on any atom is 0.163 e. The zero-order valence-electron chi connectivity index (χ0n) is 14.3. The number of nitrogens with zero attached hydrogens (tertiary/aromatic N) is 3. The van der Waals surface area contributed by atoms with E-state index >= 15 is 0 Å². The fraction of sp³-hybridized carbons (Fsp3) is 0.263. The van der Waals surface area contributed by atoms with Gasteiger partial charge in [0.2, 0.25) is 0 Å². The fourth-order valence-corrected chi connectivity index (χ4v) is 3.10. The summed E-state index contributed by atoms with van der Waals surface area (Å²) < 4.78 is 0. The predicted molar refractivity (Wildman–Crippen MR) is 107 cm³/mol. The number of nitrogens with one attached hydrogen (secondary N) is 1. The summed E-state index contributed by atoms with van der Waals surface area (Å²) in [5.74, 6) is 1.42. The molecule has 0 atom stereocenters. The molecule has 0 saturated heterocycles. The Kier molecular flexibility index (Phi) is 5.74. The molecular formula is C19H20Cl2N4. The van der Waals surface area contributed by atoms with E-state index in [1.54, 1.807) is 12.1 Å². The Morgan fingerprint density at radius 1 is 1.04 bits per heavy atom. The van der Waals surface area contributed by atoms with E-state index in [1.165, 1.54) is 0 Å². The second kappa shape index (κ2) is 8.00. The van der Waals surface area contributed by atoms with Gasteiger partial charge in [-0.15, -0.1) is 0 Å². The summed E-state index contributed by atoms with van der Waals surface area (Å²) >= 11 is 12.3. The van der Waals surface area contributed by atoms with Crippen LogP contribution in [0.5, 0.6) is 0 Å². The van der Waals surface area contributed by atoms with Crippen molar-refractivity contribution >= 4 is 39.9 Å². The molecule has 0 spiro atoms. The summed E-state index contributed by atoms with van der Waals surface area (Å²) in [4.78, 5) is 11.5. The Balaban J connectivity index is 1.97. The molecule has 1 N–H and O–H groups in total. The summed E-state index contributed by atoms with van der Waals surface area (Å²) in [6.07, 6.45) is 1.03. The minimum absolute atomic E-state index is 0.543. The highest BCUT2D eigenvalue weighted by atomic mass is 35.5. The van der Waals surface area contributed by atoms with Crippen LogP contribution in [0.2, 0.25) is 10.0 Å². The molecule has 0 amide bonds. The van der Waals surface area contributed by atoms with Crippen molar-refractivity contribution < 1.29 is 0 Å². The lowest BCUT2D eigenvalue weighted by Crippen LogP contribution is -2.16. The molecule has 25 heavy (non-hydrogen) atoms. The van der Waals surface area contributed by atoms with E-state index in [9.17, 15) is 0 Å². The van der Waals surface area contributed by atoms with Gasteiger partial charge < -0.3 is 10.2 Å². The molecule has 6 heteroatoms. The first-order valence-electron chi connectivity index (χ1n) is 8.15. The lowest BCUT2D eigenvalue weighted by atomic mass is 10.1. The van der Waals surface area contributed by atoms with Gasteiger partial charge in [0.05, 0.1) is 10.5 Å². The monoisotopic (exact) mass is 374 g/mol. The molecule has 0 aliphatic heterocycles. The SMILES string of the molecule is CN(C)CCCNc1nc(-c2ccc(Cl)cc2Cl)nc2ccccc12. The zero-order valence-corrected chi connectivity index (χ0v) is 15.8. The topological polar surface area (TPSA) is 41.0 Å². The van der Waals surface area contributed by atoms with Gasteiger partial charge in [-0.1, -0.05) is 35.3 Å². The molecule has 4 nitrogen and oxygen atoms in total. The molecule has 0 aliphatic carbocycles. The second-order valence-corrected chi connectivity index (χ2v) is 6.96. The third-order valence-electron chi connectivity index (χ3n) is 3.85. The van der Waals surface area contributed by atoms with Crippen molar-refractivity contribution in [3.63, 3.8) is 0 Å². The Labute approximate surface area is 157 Å². The van der Waals surface area contributed by atoms with Crippen LogP contribution in [0.3, 0.4) is 0 Å². The number of para-hydroxylation sites is 1. The lowest BCUT2D eigenvalue weighted by molar-refractivity contribution is 0.405. The fourth-order valence-electron chi connectivity index (χ4n) is 2.60. The molecule has 3 rings (SSSR count). The van der Waals surface area contributed by atoms with E-state index in [4.69, 9.17) is 28.2 Å². The summed E-state index contributed by atoms with van der Waals surface area (Å²) in [5.41, 5.74) is 1.65. The van der Waals surface area contributed by atoms with Crippen LogP contribution < -0.4 is 5.32 Å². The summed E-state index contributed by atoms with van der Waals surface area (Å²) in [5, 5.41) is 5.58. The van der Waals surface area contributed by atoms with E-state index in [0.717, 1.165) is 41.8 Å². The lowest BCUT2D eigenvalue weighted by Gasteiger charge is -2.13. The standard InChI is InChI=1S/C19H20Cl2N4/c1-25(2)11-5-10-22-18-15-6-3-4-7-17(15)23-19(24-18)14-9-8-13(20)12-16(14)21/h3-4,6-9,12H,5,10-11H2,1-2H3,(H,22,23,24). The van der Waals surface area contributed by atoms with Gasteiger partial charge in [-0.05, 0) is 57.4 Å². The van der Waals surface area contributed by atoms with Crippen LogP contribution in [0.1, 0.15) is 6.42 Å². The average Bonchev–Trinajstić information content (AvgIpc) is 2.58. The van der Waals surface area contributed by atoms with Crippen LogP contribution in [0.15, 0.2) is 42.5 Å². The molecule has 0 saturated carbocycles. The van der Waals surface area contributed by atoms with Gasteiger partial charge in [-0.2, -0.15) is 0 Å². The number of fused-ring (bicyclic) bond motifs is 1. The third kappa shape index (κ3) is 4.40. The molecule has 0 aliphatic rings. The molecule has 2 aromatic carbocycles. The Hall–Kier alpha value is -1.88. The average molecular weight is 375 g/mol. The quantitative estimate of drug-likeness (QED) is 0.618. The van der Waals surface area contributed by atoms with Gasteiger partial charge in [0.15, 0.2) is 5.82 Å². The number of hydrogen-bond donors (Lipinski definition) is 1. The van der Waals surface area contributed by atoms with Crippen molar-refractivity contribution in [2.75, 3.05) is 32.5 Å². The van der Waals surface area contributed by atoms with Crippen molar-refractivity contribution in [3.05, 3.63) is 52.5 Å². The van der Waals surface area contributed by atoms with Gasteiger partial charge in [0, 0.05) is 22.5 Å². The Bertz CT molecular complexity index is 880. The van der Waals surface area contributed by atoms with Gasteiger partial charge in [-0.3, -0.25) is 0 Å². The molecule has 0 radical (unpaired) electrons. The first-order valence-corrected chi connectivity index (χ1v) is 8.91. The summed E-state index contributed by atoms with van der Waals surface area (Å²) in [6, 6.07) is 13.3. The minimum Gasteiger partial charge on any atom is -0.369 e. The highest BCUT2D eigenvalue weighted by Gasteiger charge is 2.12. The molecule has 1 heterocycles. The normalized spacial score (nSPS) is 11.2. The number of hydrogen-bond acceptors (Lipinski definition) is 4. The number of halogens is 2. The van der Waals surface area contributed by atoms with E-state index in [-0.39, 0.29) is 0 Å². The van der Waals surface area contributed by atoms with Crippen molar-refractivity contribution in [1.82, 2.24) is 14.9 Å². The van der Waals surface area contributed by atoms with Gasteiger partial charge >= 0.3 is 0 Å². The third-order valence-corrected chi connectivity index (χ3v) is 4.40. The van der Waals surface area contributed by atoms with Crippen LogP contribution in [0.25, 0.3) is 22.3 Å². The van der Waals surface area contributed by atoms with Crippen LogP contribution in [-0.2, 0) is 0 Å². The van der Waals surface area contributed by atoms with Gasteiger partial charge in [0.25, 0.3) is 0 Å². The summed E-state index contributed by atoms with van der Waals surface area (Å²) in [7, 11) is 4.14. The molecule has 3 aromatic rings. The Morgan fingerprint density at radius 2 is 1.84 bits per heavy atom. The van der Waals surface area contributed by atoms with Crippen LogP contribution in [-0.4, -0.2) is 42.1 Å². The van der Waals surface area contributed by atoms with Crippen LogP contribution >= 0.6 is 23.2 Å². The largest absolute Gasteiger partial charge is 0.369 e. The van der Waals surface area contributed by atoms with Gasteiger partial charge in [-0.25, -0.2) is 9.97 Å². The van der Waals surface area contributed by atoms with E-state index in [2.05, 4.69) is 29.3 Å². The number of rotatable bonds is 6. The van der Waals surface area contributed by atoms with E-state index < -0.39 is 0 Å². The molecule has 0 fully saturated rings.